The number of carbonyl (C=O) groups is 1. The van der Waals surface area contributed by atoms with E-state index in [1.165, 1.54) is 6.08 Å². The van der Waals surface area contributed by atoms with Crippen LogP contribution in [-0.2, 0) is 4.79 Å². The number of Topliss-reactive ketones (excluding diaryl/α,β-unsaturated/α-hetero) is 1. The van der Waals surface area contributed by atoms with Crippen LogP contribution in [0.15, 0.2) is 41.2 Å². The molecule has 0 fully saturated rings. The van der Waals surface area contributed by atoms with Gasteiger partial charge in [-0.05, 0) is 19.1 Å². The van der Waals surface area contributed by atoms with Gasteiger partial charge in [0.25, 0.3) is 11.5 Å². The van der Waals surface area contributed by atoms with Gasteiger partial charge in [-0.25, -0.2) is 0 Å². The average Bonchev–Trinajstić information content (AvgIpc) is 2.88. The third-order valence-electron chi connectivity index (χ3n) is 3.59. The number of nitro groups is 2. The number of nitrogens with zero attached hydrogens (tertiary/aromatic N) is 2. The lowest BCUT2D eigenvalue weighted by atomic mass is 9.92. The van der Waals surface area contributed by atoms with E-state index < -0.39 is 27.0 Å². The van der Waals surface area contributed by atoms with Gasteiger partial charge in [-0.3, -0.25) is 25.0 Å². The first-order valence-corrected chi connectivity index (χ1v) is 6.73. The number of hydrogen-bond donors (Lipinski definition) is 0. The molecule has 0 spiro atoms. The Morgan fingerprint density at radius 1 is 1.13 bits per heavy atom. The number of benzene rings is 1. The van der Waals surface area contributed by atoms with E-state index in [1.807, 2.05) is 0 Å². The van der Waals surface area contributed by atoms with Crippen molar-refractivity contribution < 1.29 is 19.4 Å². The highest BCUT2D eigenvalue weighted by Crippen LogP contribution is 2.45. The van der Waals surface area contributed by atoms with Crippen LogP contribution < -0.4 is 4.74 Å². The van der Waals surface area contributed by atoms with Crippen molar-refractivity contribution in [2.75, 3.05) is 6.61 Å². The zero-order valence-electron chi connectivity index (χ0n) is 11.9. The summed E-state index contributed by atoms with van der Waals surface area (Å²) in [7, 11) is 0. The zero-order chi connectivity index (χ0) is 16.7. The third kappa shape index (κ3) is 2.11. The predicted octanol–water partition coefficient (Wildman–Crippen LogP) is 2.21. The third-order valence-corrected chi connectivity index (χ3v) is 3.59. The van der Waals surface area contributed by atoms with Crippen molar-refractivity contribution in [1.82, 2.24) is 0 Å². The SMILES string of the molecule is CCOc1cccc2c1C=C1C(=O)C([N+](=O)[O-])=CC([N+](=O)[O-])=C12. The molecule has 0 unspecified atom stereocenters. The maximum Gasteiger partial charge on any atom is 0.323 e. The molecule has 1 aromatic rings. The number of hydrogen-bond acceptors (Lipinski definition) is 6. The molecule has 8 heteroatoms. The largest absolute Gasteiger partial charge is 0.493 e. The highest BCUT2D eigenvalue weighted by molar-refractivity contribution is 6.25. The molecule has 3 rings (SSSR count). The fraction of sp³-hybridized carbons (Fsp3) is 0.133. The van der Waals surface area contributed by atoms with Crippen molar-refractivity contribution in [2.45, 2.75) is 6.92 Å². The Kier molecular flexibility index (Phi) is 3.29. The molecule has 2 aliphatic carbocycles. The van der Waals surface area contributed by atoms with Crippen LogP contribution in [0.1, 0.15) is 18.1 Å². The highest BCUT2D eigenvalue weighted by Gasteiger charge is 2.42. The average molecular weight is 314 g/mol. The number of ether oxygens (including phenoxy) is 1. The molecule has 0 amide bonds. The van der Waals surface area contributed by atoms with Gasteiger partial charge in [-0.15, -0.1) is 0 Å². The first-order valence-electron chi connectivity index (χ1n) is 6.73. The number of allylic oxidation sites excluding steroid dienone is 3. The second-order valence-corrected chi connectivity index (χ2v) is 4.84. The highest BCUT2D eigenvalue weighted by atomic mass is 16.6. The van der Waals surface area contributed by atoms with Crippen LogP contribution in [0.3, 0.4) is 0 Å². The Labute approximate surface area is 129 Å². The molecule has 0 radical (unpaired) electrons. The van der Waals surface area contributed by atoms with Crippen LogP contribution >= 0.6 is 0 Å². The summed E-state index contributed by atoms with van der Waals surface area (Å²) in [5.74, 6) is -0.369. The molecule has 0 aliphatic heterocycles. The summed E-state index contributed by atoms with van der Waals surface area (Å²) in [6, 6.07) is 4.95. The number of carbonyl (C=O) groups excluding carboxylic acids is 1. The molecule has 116 valence electrons. The van der Waals surface area contributed by atoms with E-state index in [9.17, 15) is 25.0 Å². The topological polar surface area (TPSA) is 113 Å². The van der Waals surface area contributed by atoms with Gasteiger partial charge >= 0.3 is 5.70 Å². The summed E-state index contributed by atoms with van der Waals surface area (Å²) < 4.78 is 5.46. The molecule has 1 aromatic carbocycles. The van der Waals surface area contributed by atoms with E-state index in [2.05, 4.69) is 0 Å². The Balaban J connectivity index is 2.30. The second-order valence-electron chi connectivity index (χ2n) is 4.84. The molecule has 2 aliphatic rings. The molecule has 0 aromatic heterocycles. The molecule has 8 nitrogen and oxygen atoms in total. The van der Waals surface area contributed by atoms with Crippen molar-refractivity contribution in [1.29, 1.82) is 0 Å². The Morgan fingerprint density at radius 2 is 1.87 bits per heavy atom. The van der Waals surface area contributed by atoms with Crippen molar-refractivity contribution in [2.24, 2.45) is 0 Å². The molecule has 23 heavy (non-hydrogen) atoms. The van der Waals surface area contributed by atoms with Gasteiger partial charge in [-0.2, -0.15) is 0 Å². The molecule has 0 saturated carbocycles. The standard InChI is InChI=1S/C15H10N2O6/c1-2-23-13-5-3-4-8-9(13)6-10-14(8)11(16(19)20)7-12(15(10)18)17(21)22/h3-7H,2H2,1H3. The van der Waals surface area contributed by atoms with E-state index in [0.29, 0.717) is 23.5 Å². The fourth-order valence-corrected chi connectivity index (χ4v) is 2.69. The number of rotatable bonds is 4. The summed E-state index contributed by atoms with van der Waals surface area (Å²) in [4.78, 5) is 32.9. The normalized spacial score (nSPS) is 15.6. The summed E-state index contributed by atoms with van der Waals surface area (Å²) in [5, 5.41) is 22.3. The molecular formula is C15H10N2O6. The van der Waals surface area contributed by atoms with Crippen molar-refractivity contribution >= 4 is 17.4 Å². The quantitative estimate of drug-likeness (QED) is 0.622. The first-order chi connectivity index (χ1) is 11.0. The lowest BCUT2D eigenvalue weighted by Gasteiger charge is -2.11. The van der Waals surface area contributed by atoms with Crippen molar-refractivity contribution in [3.05, 3.63) is 72.6 Å². The molecule has 0 atom stereocenters. The summed E-state index contributed by atoms with van der Waals surface area (Å²) >= 11 is 0. The van der Waals surface area contributed by atoms with Gasteiger partial charge in [-0.1, -0.05) is 12.1 Å². The first kappa shape index (κ1) is 14.6. The summed E-state index contributed by atoms with van der Waals surface area (Å²) in [5.41, 5.74) is -0.239. The maximum atomic E-state index is 12.3. The van der Waals surface area contributed by atoms with Gasteiger partial charge < -0.3 is 4.74 Å². The van der Waals surface area contributed by atoms with Gasteiger partial charge in [0.15, 0.2) is 0 Å². The van der Waals surface area contributed by atoms with Crippen LogP contribution in [-0.4, -0.2) is 22.2 Å². The smallest absolute Gasteiger partial charge is 0.323 e. The van der Waals surface area contributed by atoms with Crippen LogP contribution in [0.25, 0.3) is 11.6 Å². The van der Waals surface area contributed by atoms with Crippen LogP contribution in [0.5, 0.6) is 5.75 Å². The summed E-state index contributed by atoms with van der Waals surface area (Å²) in [6.45, 7) is 2.17. The minimum atomic E-state index is -0.907. The van der Waals surface area contributed by atoms with E-state index >= 15 is 0 Å². The van der Waals surface area contributed by atoms with Crippen molar-refractivity contribution in [3.63, 3.8) is 0 Å². The van der Waals surface area contributed by atoms with Gasteiger partial charge in [0.05, 0.1) is 28.1 Å². The summed E-state index contributed by atoms with van der Waals surface area (Å²) in [6.07, 6.45) is 2.13. The van der Waals surface area contributed by atoms with Gasteiger partial charge in [0, 0.05) is 16.7 Å². The fourth-order valence-electron chi connectivity index (χ4n) is 2.69. The maximum absolute atomic E-state index is 12.3. The predicted molar refractivity (Wildman–Crippen MR) is 79.6 cm³/mol. The van der Waals surface area contributed by atoms with Crippen molar-refractivity contribution in [3.8, 4) is 5.75 Å². The Hall–Kier alpha value is -3.29. The van der Waals surface area contributed by atoms with E-state index in [0.717, 1.165) is 6.08 Å². The minimum Gasteiger partial charge on any atom is -0.493 e. The van der Waals surface area contributed by atoms with Crippen LogP contribution in [0.4, 0.5) is 0 Å². The molecule has 0 bridgehead atoms. The van der Waals surface area contributed by atoms with E-state index in [1.54, 1.807) is 25.1 Å². The lowest BCUT2D eigenvalue weighted by Crippen LogP contribution is -2.20. The molecule has 0 saturated heterocycles. The lowest BCUT2D eigenvalue weighted by molar-refractivity contribution is -0.430. The molecule has 0 heterocycles. The minimum absolute atomic E-state index is 0.0481. The van der Waals surface area contributed by atoms with Crippen LogP contribution in [0, 0.1) is 20.2 Å². The number of ketones is 1. The Bertz CT molecular complexity index is 863. The second kappa shape index (κ2) is 5.16. The van der Waals surface area contributed by atoms with Crippen LogP contribution in [0.2, 0.25) is 0 Å². The van der Waals surface area contributed by atoms with Gasteiger partial charge in [0.2, 0.25) is 0 Å². The Morgan fingerprint density at radius 3 is 2.48 bits per heavy atom. The van der Waals surface area contributed by atoms with E-state index in [-0.39, 0.29) is 11.1 Å². The molecule has 0 N–H and O–H groups in total. The molecular weight excluding hydrogens is 304 g/mol. The number of fused-ring (bicyclic) bond motifs is 3. The van der Waals surface area contributed by atoms with Gasteiger partial charge in [0.1, 0.15) is 5.75 Å². The zero-order valence-corrected chi connectivity index (χ0v) is 11.9. The van der Waals surface area contributed by atoms with E-state index in [4.69, 9.17) is 4.74 Å². The monoisotopic (exact) mass is 314 g/mol.